The molecule has 0 fully saturated rings. The van der Waals surface area contributed by atoms with Gasteiger partial charge in [0.25, 0.3) is 0 Å². The van der Waals surface area contributed by atoms with Gasteiger partial charge < -0.3 is 4.74 Å². The average molecular weight is 217 g/mol. The second kappa shape index (κ2) is 5.03. The van der Waals surface area contributed by atoms with Gasteiger partial charge in [0.15, 0.2) is 0 Å². The number of benzene rings is 1. The fourth-order valence-electron chi connectivity index (χ4n) is 1.42. The van der Waals surface area contributed by atoms with Crippen molar-refractivity contribution in [2.75, 3.05) is 6.61 Å². The molecule has 0 bridgehead atoms. The molecule has 1 aromatic rings. The minimum absolute atomic E-state index is 0.0644. The summed E-state index contributed by atoms with van der Waals surface area (Å²) in [4.78, 5) is 0. The van der Waals surface area contributed by atoms with Crippen LogP contribution in [0.4, 0.5) is 0 Å². The van der Waals surface area contributed by atoms with Crippen LogP contribution in [0.2, 0.25) is 0 Å². The Labute approximate surface area is 97.9 Å². The molecule has 0 amide bonds. The molecule has 0 aliphatic rings. The van der Waals surface area contributed by atoms with Gasteiger partial charge >= 0.3 is 0 Å². The van der Waals surface area contributed by atoms with Crippen molar-refractivity contribution in [3.05, 3.63) is 29.3 Å². The summed E-state index contributed by atoms with van der Waals surface area (Å²) in [5.74, 6) is 0.692. The van der Waals surface area contributed by atoms with Crippen molar-refractivity contribution < 1.29 is 4.74 Å². The monoisotopic (exact) mass is 217 g/mol. The minimum Gasteiger partial charge on any atom is -0.492 e. The van der Waals surface area contributed by atoms with Crippen LogP contribution >= 0.6 is 0 Å². The lowest BCUT2D eigenvalue weighted by Gasteiger charge is -2.20. The highest BCUT2D eigenvalue weighted by molar-refractivity contribution is 5.46. The highest BCUT2D eigenvalue weighted by Crippen LogP contribution is 2.27. The summed E-state index contributed by atoms with van der Waals surface area (Å²) >= 11 is 0. The van der Waals surface area contributed by atoms with Gasteiger partial charge in [0.2, 0.25) is 0 Å². The second-order valence-electron chi connectivity index (χ2n) is 4.92. The van der Waals surface area contributed by atoms with Crippen LogP contribution in [0.15, 0.2) is 18.2 Å². The lowest BCUT2D eigenvalue weighted by molar-refractivity contribution is 0.316. The molecule has 0 aliphatic carbocycles. The zero-order valence-electron chi connectivity index (χ0n) is 10.5. The standard InChI is InChI=1S/C14H19NO/c1-5-8-16-13-7-6-12(14(2,3)4)9-11(13)10-15/h6-7,9H,5,8H2,1-4H3. The Kier molecular flexibility index (Phi) is 3.95. The van der Waals surface area contributed by atoms with E-state index >= 15 is 0 Å². The molecule has 0 heterocycles. The Morgan fingerprint density at radius 1 is 1.31 bits per heavy atom. The minimum atomic E-state index is 0.0644. The van der Waals surface area contributed by atoms with Gasteiger partial charge in [0, 0.05) is 0 Å². The van der Waals surface area contributed by atoms with E-state index < -0.39 is 0 Å². The van der Waals surface area contributed by atoms with Crippen LogP contribution in [0.25, 0.3) is 0 Å². The fourth-order valence-corrected chi connectivity index (χ4v) is 1.42. The van der Waals surface area contributed by atoms with Crippen molar-refractivity contribution >= 4 is 0 Å². The molecular weight excluding hydrogens is 198 g/mol. The largest absolute Gasteiger partial charge is 0.492 e. The smallest absolute Gasteiger partial charge is 0.137 e. The van der Waals surface area contributed by atoms with Crippen LogP contribution in [0.5, 0.6) is 5.75 Å². The van der Waals surface area contributed by atoms with Crippen LogP contribution in [0.1, 0.15) is 45.2 Å². The van der Waals surface area contributed by atoms with Gasteiger partial charge in [-0.1, -0.05) is 33.8 Å². The molecule has 0 radical (unpaired) electrons. The van der Waals surface area contributed by atoms with E-state index in [2.05, 4.69) is 33.8 Å². The van der Waals surface area contributed by atoms with Crippen LogP contribution in [-0.4, -0.2) is 6.61 Å². The maximum atomic E-state index is 9.08. The lowest BCUT2D eigenvalue weighted by atomic mass is 9.86. The molecule has 86 valence electrons. The highest BCUT2D eigenvalue weighted by Gasteiger charge is 2.15. The normalized spacial score (nSPS) is 10.9. The number of hydrogen-bond acceptors (Lipinski definition) is 2. The molecule has 0 aromatic heterocycles. The van der Waals surface area contributed by atoms with Gasteiger partial charge in [-0.15, -0.1) is 0 Å². The second-order valence-corrected chi connectivity index (χ2v) is 4.92. The molecule has 0 spiro atoms. The van der Waals surface area contributed by atoms with Gasteiger partial charge in [-0.2, -0.15) is 5.26 Å². The van der Waals surface area contributed by atoms with E-state index in [1.54, 1.807) is 0 Å². The molecular formula is C14H19NO. The first-order chi connectivity index (χ1) is 7.49. The Hall–Kier alpha value is -1.49. The summed E-state index contributed by atoms with van der Waals surface area (Å²) in [6.45, 7) is 9.11. The van der Waals surface area contributed by atoms with Crippen LogP contribution in [-0.2, 0) is 5.41 Å². The van der Waals surface area contributed by atoms with Gasteiger partial charge in [0.1, 0.15) is 11.8 Å². The average Bonchev–Trinajstić information content (AvgIpc) is 2.24. The van der Waals surface area contributed by atoms with E-state index in [0.717, 1.165) is 12.0 Å². The molecule has 0 unspecified atom stereocenters. The van der Waals surface area contributed by atoms with E-state index in [1.165, 1.54) is 0 Å². The number of rotatable bonds is 3. The topological polar surface area (TPSA) is 33.0 Å². The first-order valence-electron chi connectivity index (χ1n) is 5.66. The van der Waals surface area contributed by atoms with E-state index in [4.69, 9.17) is 10.00 Å². The third-order valence-corrected chi connectivity index (χ3v) is 2.43. The Morgan fingerprint density at radius 3 is 2.50 bits per heavy atom. The maximum Gasteiger partial charge on any atom is 0.137 e. The maximum absolute atomic E-state index is 9.08. The van der Waals surface area contributed by atoms with E-state index in [1.807, 2.05) is 18.2 Å². The van der Waals surface area contributed by atoms with Gasteiger partial charge in [0.05, 0.1) is 12.2 Å². The summed E-state index contributed by atoms with van der Waals surface area (Å²) in [6.07, 6.45) is 0.950. The summed E-state index contributed by atoms with van der Waals surface area (Å²) < 4.78 is 5.52. The van der Waals surface area contributed by atoms with Crippen LogP contribution in [0.3, 0.4) is 0 Å². The quantitative estimate of drug-likeness (QED) is 0.774. The molecule has 0 atom stereocenters. The summed E-state index contributed by atoms with van der Waals surface area (Å²) in [7, 11) is 0. The summed E-state index contributed by atoms with van der Waals surface area (Å²) in [5, 5.41) is 9.08. The van der Waals surface area contributed by atoms with E-state index in [-0.39, 0.29) is 5.41 Å². The lowest BCUT2D eigenvalue weighted by Crippen LogP contribution is -2.11. The number of hydrogen-bond donors (Lipinski definition) is 0. The molecule has 0 saturated carbocycles. The van der Waals surface area contributed by atoms with Crippen molar-refractivity contribution in [2.45, 2.75) is 39.5 Å². The Morgan fingerprint density at radius 2 is 2.00 bits per heavy atom. The predicted molar refractivity (Wildman–Crippen MR) is 65.6 cm³/mol. The van der Waals surface area contributed by atoms with Crippen LogP contribution < -0.4 is 4.74 Å². The van der Waals surface area contributed by atoms with E-state index in [0.29, 0.717) is 17.9 Å². The summed E-state index contributed by atoms with van der Waals surface area (Å²) in [6, 6.07) is 8.04. The van der Waals surface area contributed by atoms with Gasteiger partial charge in [-0.3, -0.25) is 0 Å². The summed E-state index contributed by atoms with van der Waals surface area (Å²) in [5.41, 5.74) is 1.85. The first kappa shape index (κ1) is 12.6. The zero-order valence-corrected chi connectivity index (χ0v) is 10.5. The number of ether oxygens (including phenoxy) is 1. The Balaban J connectivity index is 3.04. The predicted octanol–water partition coefficient (Wildman–Crippen LogP) is 3.64. The molecule has 0 saturated heterocycles. The third kappa shape index (κ3) is 3.00. The molecule has 0 N–H and O–H groups in total. The first-order valence-corrected chi connectivity index (χ1v) is 5.66. The molecule has 1 rings (SSSR count). The number of nitriles is 1. The van der Waals surface area contributed by atoms with Crippen molar-refractivity contribution in [3.8, 4) is 11.8 Å². The van der Waals surface area contributed by atoms with Crippen molar-refractivity contribution in [1.82, 2.24) is 0 Å². The highest BCUT2D eigenvalue weighted by atomic mass is 16.5. The fraction of sp³-hybridized carbons (Fsp3) is 0.500. The van der Waals surface area contributed by atoms with Crippen molar-refractivity contribution in [2.24, 2.45) is 0 Å². The van der Waals surface area contributed by atoms with Gasteiger partial charge in [-0.25, -0.2) is 0 Å². The molecule has 0 aliphatic heterocycles. The van der Waals surface area contributed by atoms with Crippen molar-refractivity contribution in [3.63, 3.8) is 0 Å². The zero-order chi connectivity index (χ0) is 12.2. The van der Waals surface area contributed by atoms with Crippen LogP contribution in [0, 0.1) is 11.3 Å². The molecule has 16 heavy (non-hydrogen) atoms. The Bertz CT molecular complexity index is 396. The third-order valence-electron chi connectivity index (χ3n) is 2.43. The molecule has 1 aromatic carbocycles. The van der Waals surface area contributed by atoms with Gasteiger partial charge in [-0.05, 0) is 29.5 Å². The SMILES string of the molecule is CCCOc1ccc(C(C)(C)C)cc1C#N. The molecule has 2 nitrogen and oxygen atoms in total. The number of nitrogens with zero attached hydrogens (tertiary/aromatic N) is 1. The molecule has 2 heteroatoms. The van der Waals surface area contributed by atoms with Crippen molar-refractivity contribution in [1.29, 1.82) is 5.26 Å². The van der Waals surface area contributed by atoms with E-state index in [9.17, 15) is 0 Å².